The Balaban J connectivity index is 1.45. The number of anilines is 1. The van der Waals surface area contributed by atoms with Gasteiger partial charge in [-0.1, -0.05) is 23.7 Å². The Morgan fingerprint density at radius 1 is 1.23 bits per heavy atom. The van der Waals surface area contributed by atoms with Crippen LogP contribution in [0.4, 0.5) is 18.9 Å². The molecule has 39 heavy (non-hydrogen) atoms. The third kappa shape index (κ3) is 4.50. The van der Waals surface area contributed by atoms with E-state index in [1.165, 1.54) is 16.8 Å². The first-order chi connectivity index (χ1) is 18.7. The van der Waals surface area contributed by atoms with Crippen molar-refractivity contribution in [2.75, 3.05) is 31.2 Å². The van der Waals surface area contributed by atoms with Gasteiger partial charge in [0.2, 0.25) is 0 Å². The van der Waals surface area contributed by atoms with Crippen LogP contribution < -0.4 is 4.90 Å². The van der Waals surface area contributed by atoms with Crippen LogP contribution >= 0.6 is 23.8 Å². The van der Waals surface area contributed by atoms with Crippen molar-refractivity contribution in [3.8, 4) is 11.1 Å². The number of hydrogen-bond acceptors (Lipinski definition) is 5. The van der Waals surface area contributed by atoms with Crippen LogP contribution in [-0.2, 0) is 22.5 Å². The molecule has 0 spiro atoms. The Hall–Kier alpha value is -3.35. The predicted octanol–water partition coefficient (Wildman–Crippen LogP) is 5.56. The molecule has 13 heteroatoms. The molecular formula is C26H23ClF3N5O3S. The van der Waals surface area contributed by atoms with Crippen LogP contribution in [0.25, 0.3) is 22.0 Å². The molecule has 2 aromatic carbocycles. The summed E-state index contributed by atoms with van der Waals surface area (Å²) in [6.45, 7) is 2.74. The van der Waals surface area contributed by atoms with Crippen molar-refractivity contribution in [1.82, 2.24) is 19.3 Å². The Labute approximate surface area is 230 Å². The number of carbonyl (C=O) groups is 1. The average Bonchev–Trinajstić information content (AvgIpc) is 3.59. The molecule has 2 N–H and O–H groups in total. The van der Waals surface area contributed by atoms with Gasteiger partial charge >= 0.3 is 5.97 Å². The van der Waals surface area contributed by atoms with Crippen LogP contribution in [0.15, 0.2) is 36.5 Å². The van der Waals surface area contributed by atoms with Crippen LogP contribution in [0.2, 0.25) is 5.02 Å². The van der Waals surface area contributed by atoms with Crippen molar-refractivity contribution in [3.63, 3.8) is 0 Å². The average molecular weight is 578 g/mol. The Morgan fingerprint density at radius 2 is 1.95 bits per heavy atom. The minimum absolute atomic E-state index is 0.0132. The first kappa shape index (κ1) is 25.9. The number of nitrogens with one attached hydrogen (secondary N) is 1. The summed E-state index contributed by atoms with van der Waals surface area (Å²) in [5, 5.41) is 14.8. The number of ether oxygens (including phenoxy) is 1. The van der Waals surface area contributed by atoms with Gasteiger partial charge in [0, 0.05) is 42.5 Å². The standard InChI is InChI=1S/C26H23ClF3N5O3S/c27-18-10-16(13-1-3-15(4-2-13)33-5-7-38-8-6-33)20(24(29)30)21-17(18)12-35(32-21)23(25(36)37)22-19-9-14(28)11-34(19)26(39)31-22/h1-4,10,12,14,23-24H,5-9,11H2,(H,31,39)(H,36,37)/t14-,23?/m1/s1. The number of halogens is 4. The lowest BCUT2D eigenvalue weighted by atomic mass is 9.97. The predicted molar refractivity (Wildman–Crippen MR) is 142 cm³/mol. The lowest BCUT2D eigenvalue weighted by molar-refractivity contribution is -0.139. The Morgan fingerprint density at radius 3 is 2.62 bits per heavy atom. The summed E-state index contributed by atoms with van der Waals surface area (Å²) < 4.78 is 51.4. The molecule has 1 unspecified atom stereocenters. The molecule has 0 saturated carbocycles. The molecule has 2 atom stereocenters. The second-order valence-electron chi connectivity index (χ2n) is 9.58. The number of aromatic amines is 1. The van der Waals surface area contributed by atoms with Crippen molar-refractivity contribution in [3.05, 3.63) is 63.3 Å². The maximum atomic E-state index is 14.6. The quantitative estimate of drug-likeness (QED) is 0.292. The highest BCUT2D eigenvalue weighted by atomic mass is 35.5. The molecule has 6 rings (SSSR count). The summed E-state index contributed by atoms with van der Waals surface area (Å²) in [5.41, 5.74) is 1.81. The number of H-pyrrole nitrogens is 1. The number of alkyl halides is 3. The molecule has 2 aliphatic rings. The third-order valence-corrected chi connectivity index (χ3v) is 7.90. The van der Waals surface area contributed by atoms with E-state index in [1.54, 1.807) is 12.1 Å². The van der Waals surface area contributed by atoms with E-state index >= 15 is 0 Å². The molecule has 0 aliphatic carbocycles. The first-order valence-electron chi connectivity index (χ1n) is 12.3. The fourth-order valence-electron chi connectivity index (χ4n) is 5.44. The maximum absolute atomic E-state index is 14.6. The number of nitrogens with zero attached hydrogens (tertiary/aromatic N) is 4. The number of carboxylic acids is 1. The number of aliphatic carboxylic acids is 1. The molecular weight excluding hydrogens is 555 g/mol. The van der Waals surface area contributed by atoms with Gasteiger partial charge in [0.25, 0.3) is 6.43 Å². The molecule has 1 fully saturated rings. The van der Waals surface area contributed by atoms with Crippen molar-refractivity contribution in [2.45, 2.75) is 31.6 Å². The molecule has 0 bridgehead atoms. The molecule has 2 aliphatic heterocycles. The second kappa shape index (κ2) is 10.00. The SMILES string of the molecule is O=C(O)C(c1[nH]c(=S)n2c1C[C@@H](F)C2)n1cc2c(Cl)cc(-c3ccc(N4CCOCC4)cc3)c(C(F)F)c2n1. The summed E-state index contributed by atoms with van der Waals surface area (Å²) in [7, 11) is 0. The highest BCUT2D eigenvalue weighted by Gasteiger charge is 2.35. The number of aromatic nitrogens is 4. The zero-order valence-electron chi connectivity index (χ0n) is 20.4. The fourth-order valence-corrected chi connectivity index (χ4v) is 5.99. The number of benzene rings is 2. The summed E-state index contributed by atoms with van der Waals surface area (Å²) in [5.74, 6) is -1.31. The highest BCUT2D eigenvalue weighted by Crippen LogP contribution is 2.41. The normalized spacial score (nSPS) is 18.2. The number of fused-ring (bicyclic) bond motifs is 2. The van der Waals surface area contributed by atoms with Gasteiger partial charge in [0.05, 0.1) is 36.0 Å². The van der Waals surface area contributed by atoms with Gasteiger partial charge in [-0.3, -0.25) is 4.68 Å². The topological polar surface area (TPSA) is 88.3 Å². The van der Waals surface area contributed by atoms with Crippen LogP contribution in [0, 0.1) is 4.77 Å². The molecule has 4 heterocycles. The van der Waals surface area contributed by atoms with Crippen LogP contribution in [-0.4, -0.2) is 62.9 Å². The third-order valence-electron chi connectivity index (χ3n) is 7.27. The van der Waals surface area contributed by atoms with Gasteiger partial charge in [-0.2, -0.15) is 5.10 Å². The van der Waals surface area contributed by atoms with Gasteiger partial charge in [0.1, 0.15) is 11.7 Å². The second-order valence-corrected chi connectivity index (χ2v) is 10.4. The molecule has 0 amide bonds. The summed E-state index contributed by atoms with van der Waals surface area (Å²) in [6.07, 6.45) is -2.79. The maximum Gasteiger partial charge on any atom is 0.334 e. The monoisotopic (exact) mass is 577 g/mol. The summed E-state index contributed by atoms with van der Waals surface area (Å²) >= 11 is 11.8. The van der Waals surface area contributed by atoms with E-state index in [4.69, 9.17) is 28.6 Å². The van der Waals surface area contributed by atoms with Crippen LogP contribution in [0.3, 0.4) is 0 Å². The zero-order chi connectivity index (χ0) is 27.4. The van der Waals surface area contributed by atoms with Crippen molar-refractivity contribution in [1.29, 1.82) is 0 Å². The summed E-state index contributed by atoms with van der Waals surface area (Å²) in [6, 6.07) is 7.24. The smallest absolute Gasteiger partial charge is 0.334 e. The van der Waals surface area contributed by atoms with Crippen LogP contribution in [0.5, 0.6) is 0 Å². The largest absolute Gasteiger partial charge is 0.479 e. The number of carboxylic acid groups (broad SMARTS) is 1. The van der Waals surface area contributed by atoms with Crippen molar-refractivity contribution >= 4 is 46.4 Å². The van der Waals surface area contributed by atoms with Gasteiger partial charge in [-0.15, -0.1) is 0 Å². The van der Waals surface area contributed by atoms with E-state index in [1.807, 2.05) is 12.1 Å². The first-order valence-corrected chi connectivity index (χ1v) is 13.1. The highest BCUT2D eigenvalue weighted by molar-refractivity contribution is 7.71. The Kier molecular flexibility index (Phi) is 6.64. The van der Waals surface area contributed by atoms with Gasteiger partial charge in [0.15, 0.2) is 10.8 Å². The van der Waals surface area contributed by atoms with E-state index in [2.05, 4.69) is 15.0 Å². The van der Waals surface area contributed by atoms with Gasteiger partial charge < -0.3 is 24.3 Å². The minimum atomic E-state index is -2.91. The van der Waals surface area contributed by atoms with E-state index < -0.39 is 24.6 Å². The molecule has 8 nitrogen and oxygen atoms in total. The van der Waals surface area contributed by atoms with E-state index in [0.29, 0.717) is 24.5 Å². The lowest BCUT2D eigenvalue weighted by Gasteiger charge is -2.29. The van der Waals surface area contributed by atoms with Crippen LogP contribution in [0.1, 0.15) is 29.4 Å². The molecule has 4 aromatic rings. The van der Waals surface area contributed by atoms with Crippen molar-refractivity contribution < 1.29 is 27.8 Å². The minimum Gasteiger partial charge on any atom is -0.479 e. The lowest BCUT2D eigenvalue weighted by Crippen LogP contribution is -2.36. The van der Waals surface area contributed by atoms with Crippen molar-refractivity contribution in [2.24, 2.45) is 0 Å². The molecule has 204 valence electrons. The number of rotatable bonds is 6. The molecule has 2 aromatic heterocycles. The summed E-state index contributed by atoms with van der Waals surface area (Å²) in [4.78, 5) is 17.4. The fraction of sp³-hybridized carbons (Fsp3) is 0.346. The number of hydrogen-bond donors (Lipinski definition) is 2. The van der Waals surface area contributed by atoms with Gasteiger partial charge in [-0.05, 0) is 41.5 Å². The number of morpholine rings is 1. The molecule has 1 saturated heterocycles. The van der Waals surface area contributed by atoms with Gasteiger partial charge in [-0.25, -0.2) is 18.0 Å². The molecule has 0 radical (unpaired) electrons. The number of imidazole rings is 1. The Bertz CT molecular complexity index is 1630. The van der Waals surface area contributed by atoms with E-state index in [-0.39, 0.29) is 50.5 Å². The van der Waals surface area contributed by atoms with E-state index in [0.717, 1.165) is 23.5 Å². The zero-order valence-corrected chi connectivity index (χ0v) is 22.0. The van der Waals surface area contributed by atoms with E-state index in [9.17, 15) is 23.1 Å².